The Kier molecular flexibility index (Phi) is 3.63. The van der Waals surface area contributed by atoms with Crippen LogP contribution < -0.4 is 0 Å². The van der Waals surface area contributed by atoms with Crippen LogP contribution in [0.25, 0.3) is 0 Å². The maximum absolute atomic E-state index is 11.3. The van der Waals surface area contributed by atoms with Crippen molar-refractivity contribution in [1.82, 2.24) is 0 Å². The van der Waals surface area contributed by atoms with Gasteiger partial charge >= 0.3 is 5.97 Å². The Hall–Kier alpha value is -1.25. The van der Waals surface area contributed by atoms with E-state index in [0.29, 0.717) is 23.5 Å². The van der Waals surface area contributed by atoms with Crippen LogP contribution in [0.2, 0.25) is 0 Å². The quantitative estimate of drug-likeness (QED) is 0.547. The van der Waals surface area contributed by atoms with E-state index in [1.54, 1.807) is 0 Å². The van der Waals surface area contributed by atoms with Gasteiger partial charge in [-0.25, -0.2) is 0 Å². The van der Waals surface area contributed by atoms with Gasteiger partial charge in [-0.15, -0.1) is 0 Å². The number of rotatable bonds is 1. The van der Waals surface area contributed by atoms with Gasteiger partial charge in [-0.2, -0.15) is 0 Å². The average molecular weight is 330 g/mol. The summed E-state index contributed by atoms with van der Waals surface area (Å²) in [6, 6.07) is 0. The number of hydrogen-bond donors (Lipinski definition) is 1. The van der Waals surface area contributed by atoms with Gasteiger partial charge < -0.3 is 9.84 Å². The van der Waals surface area contributed by atoms with E-state index in [-0.39, 0.29) is 22.9 Å². The zero-order chi connectivity index (χ0) is 17.1. The Morgan fingerprint density at radius 2 is 1.88 bits per heavy atom. The molecule has 0 radical (unpaired) electrons. The fourth-order valence-electron chi connectivity index (χ4n) is 6.51. The highest BCUT2D eigenvalue weighted by atomic mass is 16.5. The van der Waals surface area contributed by atoms with Crippen molar-refractivity contribution in [3.8, 4) is 0 Å². The first-order valence-electron chi connectivity index (χ1n) is 9.61. The first-order chi connectivity index (χ1) is 11.3. The molecule has 6 atom stereocenters. The van der Waals surface area contributed by atoms with Gasteiger partial charge in [0.25, 0.3) is 0 Å². The molecule has 3 nitrogen and oxygen atoms in total. The molecule has 0 aromatic rings. The van der Waals surface area contributed by atoms with Gasteiger partial charge in [0, 0.05) is 18.8 Å². The molecule has 4 aliphatic rings. The largest absolute Gasteiger partial charge is 0.512 e. The third kappa shape index (κ3) is 2.19. The van der Waals surface area contributed by atoms with Crippen LogP contribution >= 0.6 is 0 Å². The van der Waals surface area contributed by atoms with Gasteiger partial charge in [-0.1, -0.05) is 25.5 Å². The van der Waals surface area contributed by atoms with Crippen molar-refractivity contribution in [1.29, 1.82) is 0 Å². The Bertz CT molecular complexity index is 619. The fraction of sp³-hybridized carbons (Fsp3) is 0.762. The lowest BCUT2D eigenvalue weighted by Gasteiger charge is -2.57. The van der Waals surface area contributed by atoms with E-state index < -0.39 is 0 Å². The van der Waals surface area contributed by atoms with Gasteiger partial charge in [0.15, 0.2) is 0 Å². The number of carbonyl (C=O) groups excluding carboxylic acids is 1. The third-order valence-corrected chi connectivity index (χ3v) is 7.93. The van der Waals surface area contributed by atoms with E-state index in [1.807, 2.05) is 0 Å². The van der Waals surface area contributed by atoms with Crippen LogP contribution in [0.3, 0.4) is 0 Å². The Balaban J connectivity index is 1.59. The number of fused-ring (bicyclic) bond motifs is 5. The number of aliphatic hydroxyl groups excluding tert-OH is 1. The average Bonchev–Trinajstić information content (AvgIpc) is 2.83. The summed E-state index contributed by atoms with van der Waals surface area (Å²) in [5.41, 5.74) is 1.80. The van der Waals surface area contributed by atoms with E-state index in [9.17, 15) is 9.90 Å². The molecular formula is C21H30O3. The summed E-state index contributed by atoms with van der Waals surface area (Å²) in [5, 5.41) is 10.4. The third-order valence-electron chi connectivity index (χ3n) is 7.93. The van der Waals surface area contributed by atoms with Crippen molar-refractivity contribution in [2.24, 2.45) is 28.6 Å². The monoisotopic (exact) mass is 330 g/mol. The van der Waals surface area contributed by atoms with E-state index in [0.717, 1.165) is 38.5 Å². The molecule has 4 aliphatic carbocycles. The molecule has 24 heavy (non-hydrogen) atoms. The number of carbonyl (C=O) groups is 1. The molecule has 0 spiro atoms. The van der Waals surface area contributed by atoms with E-state index in [2.05, 4.69) is 26.0 Å². The smallest absolute Gasteiger partial charge is 0.302 e. The number of ether oxygens (including phenoxy) is 1. The molecule has 0 amide bonds. The molecule has 0 saturated heterocycles. The van der Waals surface area contributed by atoms with Crippen molar-refractivity contribution in [2.75, 3.05) is 0 Å². The van der Waals surface area contributed by atoms with Gasteiger partial charge in [0.05, 0.1) is 5.76 Å². The standard InChI is InChI=1S/C21H30O3/c1-13(22)24-15-8-10-20(2)14(12-15)4-5-16-17-6-7-19(23)21(17,3)11-9-18(16)20/h4,7,15-18,23H,5-6,8-12H2,1-3H3. The molecule has 1 N–H and O–H groups in total. The van der Waals surface area contributed by atoms with Crippen molar-refractivity contribution >= 4 is 5.97 Å². The maximum Gasteiger partial charge on any atom is 0.302 e. The highest BCUT2D eigenvalue weighted by Gasteiger charge is 2.57. The van der Waals surface area contributed by atoms with Crippen molar-refractivity contribution < 1.29 is 14.6 Å². The van der Waals surface area contributed by atoms with Crippen LogP contribution in [0.1, 0.15) is 65.7 Å². The minimum absolute atomic E-state index is 0.0117. The van der Waals surface area contributed by atoms with Crippen LogP contribution in [0, 0.1) is 28.6 Å². The van der Waals surface area contributed by atoms with E-state index in [4.69, 9.17) is 4.74 Å². The van der Waals surface area contributed by atoms with Crippen molar-refractivity contribution in [3.05, 3.63) is 23.5 Å². The lowest BCUT2D eigenvalue weighted by Crippen LogP contribution is -2.50. The molecule has 0 bridgehead atoms. The van der Waals surface area contributed by atoms with Gasteiger partial charge in [0.1, 0.15) is 6.10 Å². The van der Waals surface area contributed by atoms with Crippen LogP contribution in [0.4, 0.5) is 0 Å². The predicted molar refractivity (Wildman–Crippen MR) is 93.4 cm³/mol. The minimum atomic E-state index is -0.154. The highest BCUT2D eigenvalue weighted by molar-refractivity contribution is 5.66. The summed E-state index contributed by atoms with van der Waals surface area (Å²) in [6.45, 7) is 6.23. The zero-order valence-electron chi connectivity index (χ0n) is 15.2. The summed E-state index contributed by atoms with van der Waals surface area (Å²) < 4.78 is 5.50. The molecule has 0 aliphatic heterocycles. The van der Waals surface area contributed by atoms with E-state index >= 15 is 0 Å². The molecule has 0 heterocycles. The Morgan fingerprint density at radius 1 is 1.12 bits per heavy atom. The fourth-order valence-corrected chi connectivity index (χ4v) is 6.51. The lowest BCUT2D eigenvalue weighted by atomic mass is 9.48. The van der Waals surface area contributed by atoms with Gasteiger partial charge in [0.2, 0.25) is 0 Å². The second-order valence-electron chi connectivity index (χ2n) is 9.01. The molecule has 3 heteroatoms. The molecule has 132 valence electrons. The first-order valence-corrected chi connectivity index (χ1v) is 9.61. The number of hydrogen-bond acceptors (Lipinski definition) is 3. The minimum Gasteiger partial charge on any atom is -0.512 e. The molecule has 6 unspecified atom stereocenters. The second kappa shape index (κ2) is 5.37. The van der Waals surface area contributed by atoms with Crippen molar-refractivity contribution in [2.45, 2.75) is 71.8 Å². The number of allylic oxidation sites excluding steroid dienone is 3. The molecule has 2 saturated carbocycles. The molecular weight excluding hydrogens is 300 g/mol. The Morgan fingerprint density at radius 3 is 2.62 bits per heavy atom. The molecule has 2 fully saturated rings. The van der Waals surface area contributed by atoms with Gasteiger partial charge in [-0.3, -0.25) is 4.79 Å². The maximum atomic E-state index is 11.3. The summed E-state index contributed by atoms with van der Waals surface area (Å²) in [5.74, 6) is 2.48. The van der Waals surface area contributed by atoms with Crippen LogP contribution in [-0.4, -0.2) is 17.2 Å². The molecule has 0 aromatic carbocycles. The zero-order valence-corrected chi connectivity index (χ0v) is 15.2. The number of aliphatic hydroxyl groups is 1. The highest BCUT2D eigenvalue weighted by Crippen LogP contribution is 2.64. The SMILES string of the molecule is CC(=O)OC1CCC2(C)C(=CCC3C4CC=C(O)C4(C)CCC32)C1. The molecule has 4 rings (SSSR count). The normalized spacial score (nSPS) is 47.0. The summed E-state index contributed by atoms with van der Waals surface area (Å²) in [6.07, 6.45) is 12.1. The summed E-state index contributed by atoms with van der Waals surface area (Å²) in [4.78, 5) is 11.3. The Labute approximate surface area is 145 Å². The summed E-state index contributed by atoms with van der Waals surface area (Å²) in [7, 11) is 0. The van der Waals surface area contributed by atoms with Crippen molar-refractivity contribution in [3.63, 3.8) is 0 Å². The molecule has 0 aromatic heterocycles. The van der Waals surface area contributed by atoms with Gasteiger partial charge in [-0.05, 0) is 67.8 Å². The topological polar surface area (TPSA) is 46.5 Å². The van der Waals surface area contributed by atoms with Crippen LogP contribution in [-0.2, 0) is 9.53 Å². The summed E-state index contributed by atoms with van der Waals surface area (Å²) >= 11 is 0. The number of esters is 1. The van der Waals surface area contributed by atoms with Crippen LogP contribution in [0.5, 0.6) is 0 Å². The van der Waals surface area contributed by atoms with E-state index in [1.165, 1.54) is 18.9 Å². The predicted octanol–water partition coefficient (Wildman–Crippen LogP) is 4.93. The lowest BCUT2D eigenvalue weighted by molar-refractivity contribution is -0.148. The second-order valence-corrected chi connectivity index (χ2v) is 9.01. The van der Waals surface area contributed by atoms with Crippen LogP contribution in [0.15, 0.2) is 23.5 Å². The first kappa shape index (κ1) is 16.2.